The van der Waals surface area contributed by atoms with Gasteiger partial charge in [-0.2, -0.15) is 0 Å². The van der Waals surface area contributed by atoms with Gasteiger partial charge in [-0.1, -0.05) is 157 Å². The van der Waals surface area contributed by atoms with Crippen molar-refractivity contribution in [2.45, 2.75) is 55.7 Å². The van der Waals surface area contributed by atoms with Crippen LogP contribution in [0.5, 0.6) is 17.2 Å². The number of benzene rings is 7. The Kier molecular flexibility index (Phi) is 15.3. The molecule has 15 nitrogen and oxygen atoms in total. The van der Waals surface area contributed by atoms with Crippen LogP contribution in [0.25, 0.3) is 0 Å². The molecule has 12 rings (SSSR count). The summed E-state index contributed by atoms with van der Waals surface area (Å²) in [5, 5.41) is 13.4. The number of hydrogen-bond acceptors (Lipinski definition) is 12. The zero-order chi connectivity index (χ0) is 56.3. The molecule has 0 aromatic heterocycles. The molecule has 2 N–H and O–H groups in total. The lowest BCUT2D eigenvalue weighted by molar-refractivity contribution is -0.179. The third-order valence-electron chi connectivity index (χ3n) is 16.5. The van der Waals surface area contributed by atoms with Gasteiger partial charge in [0, 0.05) is 50.4 Å². The standard InChI is InChI=1S/C67H64N6O9/c1-45(49-21-9-4-10-22-49)68-66(78)72-54-31-29-46(20-17-33-69(2)42-47-18-7-3-8-19-47)40-53(54)67(65(72)77)58(63(75)71-36-34-70(35-37-71)43-48-30-32-56-57(41-48)81-44-80-56)60-64(76)82-61(51-25-13-6-14-26-51)59(50-23-11-5-12-24-50)73(60)62(67)52-27-15-16-28-55(52)79-39-38-74/h3-16,18-19,21-32,40-41,45,58-62,74H,33-39,42-44H2,1-2H3,(H,68,78)/t45-,58-,59-,60-,61+,62+,67-/m1/s1. The molecule has 5 heterocycles. The number of hydrogen-bond donors (Lipinski definition) is 2. The first-order chi connectivity index (χ1) is 40.1. The van der Waals surface area contributed by atoms with Crippen LogP contribution in [0.1, 0.15) is 75.7 Å². The molecule has 15 heteroatoms. The maximum absolute atomic E-state index is 17.2. The van der Waals surface area contributed by atoms with Gasteiger partial charge < -0.3 is 34.3 Å². The number of anilines is 1. The first-order valence-corrected chi connectivity index (χ1v) is 28.0. The molecular weight excluding hydrogens is 1030 g/mol. The van der Waals surface area contributed by atoms with Gasteiger partial charge in [-0.05, 0) is 83.8 Å². The van der Waals surface area contributed by atoms with Gasteiger partial charge in [-0.3, -0.25) is 29.1 Å². The van der Waals surface area contributed by atoms with E-state index in [4.69, 9.17) is 18.9 Å². The fraction of sp³-hybridized carbons (Fsp3) is 0.284. The molecular formula is C67H64N6O9. The van der Waals surface area contributed by atoms with Crippen LogP contribution in [0.2, 0.25) is 0 Å². The normalized spacial score (nSPS) is 22.3. The highest BCUT2D eigenvalue weighted by Gasteiger charge is 2.76. The van der Waals surface area contributed by atoms with Crippen molar-refractivity contribution < 1.29 is 43.2 Å². The third kappa shape index (κ3) is 10.1. The number of morpholine rings is 1. The Balaban J connectivity index is 1.05. The largest absolute Gasteiger partial charge is 0.491 e. The number of rotatable bonds is 14. The second kappa shape index (κ2) is 23.4. The number of carbonyl (C=O) groups is 4. The highest BCUT2D eigenvalue weighted by molar-refractivity contribution is 6.25. The summed E-state index contributed by atoms with van der Waals surface area (Å²) in [4.78, 5) is 74.7. The average Bonchev–Trinajstić information content (AvgIpc) is 4.13. The number of carbonyl (C=O) groups excluding carboxylic acids is 4. The van der Waals surface area contributed by atoms with E-state index in [1.54, 1.807) is 23.1 Å². The molecule has 0 radical (unpaired) electrons. The van der Waals surface area contributed by atoms with Crippen molar-refractivity contribution >= 4 is 29.5 Å². The average molecular weight is 1100 g/mol. The van der Waals surface area contributed by atoms with Gasteiger partial charge in [0.25, 0.3) is 0 Å². The molecule has 0 aliphatic carbocycles. The minimum absolute atomic E-state index is 0.0925. The van der Waals surface area contributed by atoms with Gasteiger partial charge >= 0.3 is 12.0 Å². The fourth-order valence-corrected chi connectivity index (χ4v) is 12.9. The Morgan fingerprint density at radius 3 is 2.16 bits per heavy atom. The van der Waals surface area contributed by atoms with E-state index in [-0.39, 0.29) is 38.8 Å². The van der Waals surface area contributed by atoms with Crippen LogP contribution in [-0.4, -0.2) is 114 Å². The van der Waals surface area contributed by atoms with Gasteiger partial charge in [0.05, 0.1) is 42.9 Å². The third-order valence-corrected chi connectivity index (χ3v) is 16.5. The predicted octanol–water partition coefficient (Wildman–Crippen LogP) is 8.75. The van der Waals surface area contributed by atoms with Crippen LogP contribution in [0, 0.1) is 17.8 Å². The summed E-state index contributed by atoms with van der Waals surface area (Å²) in [6, 6.07) is 52.7. The zero-order valence-corrected chi connectivity index (χ0v) is 45.8. The number of para-hydroxylation sites is 1. The molecule has 1 spiro atoms. The van der Waals surface area contributed by atoms with Crippen molar-refractivity contribution in [3.63, 3.8) is 0 Å². The van der Waals surface area contributed by atoms with Crippen LogP contribution >= 0.6 is 0 Å². The van der Waals surface area contributed by atoms with Crippen LogP contribution in [0.15, 0.2) is 182 Å². The van der Waals surface area contributed by atoms with E-state index in [0.717, 1.165) is 22.3 Å². The molecule has 0 unspecified atom stereocenters. The molecule has 4 amide bonds. The van der Waals surface area contributed by atoms with Gasteiger partial charge in [-0.25, -0.2) is 9.69 Å². The van der Waals surface area contributed by atoms with E-state index >= 15 is 19.2 Å². The van der Waals surface area contributed by atoms with Gasteiger partial charge in [-0.15, -0.1) is 0 Å². The van der Waals surface area contributed by atoms with Gasteiger partial charge in [0.2, 0.25) is 18.6 Å². The molecule has 3 saturated heterocycles. The predicted molar refractivity (Wildman–Crippen MR) is 308 cm³/mol. The molecule has 3 fully saturated rings. The van der Waals surface area contributed by atoms with E-state index in [1.807, 2.05) is 171 Å². The van der Waals surface area contributed by atoms with Crippen molar-refractivity contribution in [2.24, 2.45) is 5.92 Å². The lowest BCUT2D eigenvalue weighted by atomic mass is 9.64. The van der Waals surface area contributed by atoms with Crippen LogP contribution in [0.3, 0.4) is 0 Å². The van der Waals surface area contributed by atoms with Crippen LogP contribution in [-0.2, 0) is 37.6 Å². The zero-order valence-electron chi connectivity index (χ0n) is 45.8. The summed E-state index contributed by atoms with van der Waals surface area (Å²) in [7, 11) is 2.00. The summed E-state index contributed by atoms with van der Waals surface area (Å²) in [6.45, 7) is 4.79. The monoisotopic (exact) mass is 1100 g/mol. The molecule has 7 aromatic carbocycles. The van der Waals surface area contributed by atoms with E-state index in [2.05, 4.69) is 39.1 Å². The lowest BCUT2D eigenvalue weighted by Gasteiger charge is -2.46. The molecule has 0 saturated carbocycles. The number of fused-ring (bicyclic) bond motifs is 4. The van der Waals surface area contributed by atoms with E-state index in [0.29, 0.717) is 72.2 Å². The Bertz CT molecular complexity index is 3540. The Hall–Kier alpha value is -8.78. The number of nitrogens with zero attached hydrogens (tertiary/aromatic N) is 5. The highest BCUT2D eigenvalue weighted by Crippen LogP contribution is 2.67. The molecule has 82 heavy (non-hydrogen) atoms. The number of aliphatic hydroxyl groups excluding tert-OH is 1. The molecule has 7 atom stereocenters. The molecule has 5 aliphatic heterocycles. The number of ether oxygens (including phenoxy) is 4. The summed E-state index contributed by atoms with van der Waals surface area (Å²) < 4.78 is 24.5. The Morgan fingerprint density at radius 1 is 0.756 bits per heavy atom. The summed E-state index contributed by atoms with van der Waals surface area (Å²) in [5.41, 5.74) is 4.04. The van der Waals surface area contributed by atoms with Crippen molar-refractivity contribution in [1.29, 1.82) is 0 Å². The van der Waals surface area contributed by atoms with Crippen molar-refractivity contribution in [2.75, 3.05) is 64.7 Å². The number of esters is 1. The number of amides is 4. The Morgan fingerprint density at radius 2 is 1.43 bits per heavy atom. The van der Waals surface area contributed by atoms with E-state index in [1.165, 1.54) is 4.90 Å². The first kappa shape index (κ1) is 53.8. The van der Waals surface area contributed by atoms with E-state index < -0.39 is 65.4 Å². The molecule has 5 aliphatic rings. The number of piperazine rings is 1. The smallest absolute Gasteiger partial charge is 0.329 e. The number of imide groups is 1. The lowest BCUT2D eigenvalue weighted by Crippen LogP contribution is -2.59. The van der Waals surface area contributed by atoms with Gasteiger partial charge in [0.15, 0.2) is 11.5 Å². The van der Waals surface area contributed by atoms with Crippen LogP contribution in [0.4, 0.5) is 10.5 Å². The molecule has 0 bridgehead atoms. The van der Waals surface area contributed by atoms with Crippen LogP contribution < -0.4 is 24.4 Å². The molecule has 416 valence electrons. The molecule has 7 aromatic rings. The minimum atomic E-state index is -2.05. The van der Waals surface area contributed by atoms with Crippen molar-refractivity contribution in [3.8, 4) is 29.1 Å². The first-order valence-electron chi connectivity index (χ1n) is 28.0. The maximum Gasteiger partial charge on any atom is 0.329 e. The second-order valence-electron chi connectivity index (χ2n) is 21.6. The van der Waals surface area contributed by atoms with E-state index in [9.17, 15) is 5.11 Å². The number of cyclic esters (lactones) is 1. The fourth-order valence-electron chi connectivity index (χ4n) is 12.9. The van der Waals surface area contributed by atoms with Crippen molar-refractivity contribution in [1.82, 2.24) is 24.9 Å². The Labute approximate surface area is 477 Å². The van der Waals surface area contributed by atoms with Crippen molar-refractivity contribution in [3.05, 3.63) is 226 Å². The minimum Gasteiger partial charge on any atom is -0.491 e. The quantitative estimate of drug-likeness (QED) is 0.0791. The number of urea groups is 1. The highest BCUT2D eigenvalue weighted by atomic mass is 16.7. The van der Waals surface area contributed by atoms with Gasteiger partial charge in [0.1, 0.15) is 29.9 Å². The second-order valence-corrected chi connectivity index (χ2v) is 21.6. The maximum atomic E-state index is 17.2. The number of aliphatic hydroxyl groups is 1. The summed E-state index contributed by atoms with van der Waals surface area (Å²) in [5.74, 6) is 5.15. The SMILES string of the molecule is C[C@@H](NC(=O)N1C(=O)[C@@]2(c3cc(C#CCN(C)Cc4ccccc4)ccc31)[C@H](c1ccccc1OCCO)N1[C@H](c3ccccc3)[C@H](c3ccccc3)OC(=O)[C@H]1[C@@H]2C(=O)N1CCN(Cc2ccc3c(c2)OCO3)CC1)c1ccccc1. The summed E-state index contributed by atoms with van der Waals surface area (Å²) >= 11 is 0. The number of nitrogens with one attached hydrogen (secondary N) is 1. The topological polar surface area (TPSA) is 154 Å². The summed E-state index contributed by atoms with van der Waals surface area (Å²) in [6.07, 6.45) is -0.932.